The van der Waals surface area contributed by atoms with Crippen LogP contribution in [0.1, 0.15) is 21.7 Å². The Morgan fingerprint density at radius 3 is 2.91 bits per heavy atom. The minimum absolute atomic E-state index is 0.0841. The molecule has 22 heavy (non-hydrogen) atoms. The zero-order valence-corrected chi connectivity index (χ0v) is 14.2. The molecule has 0 fully saturated rings. The van der Waals surface area contributed by atoms with E-state index in [0.29, 0.717) is 12.1 Å². The number of nitrogens with one attached hydrogen (secondary N) is 1. The van der Waals surface area contributed by atoms with Gasteiger partial charge in [-0.2, -0.15) is 0 Å². The first-order valence-electron chi connectivity index (χ1n) is 6.61. The normalized spacial score (nSPS) is 10.6. The van der Waals surface area contributed by atoms with Gasteiger partial charge in [-0.15, -0.1) is 11.3 Å². The molecule has 3 aromatic rings. The van der Waals surface area contributed by atoms with E-state index in [0.717, 1.165) is 21.0 Å². The zero-order valence-electron chi connectivity index (χ0n) is 11.8. The van der Waals surface area contributed by atoms with Crippen LogP contribution >= 0.6 is 27.3 Å². The Balaban J connectivity index is 1.71. The second-order valence-electron chi connectivity index (χ2n) is 4.69. The Morgan fingerprint density at radius 2 is 2.23 bits per heavy atom. The maximum atomic E-state index is 12.0. The largest absolute Gasteiger partial charge is 0.348 e. The molecule has 0 aliphatic heterocycles. The number of hydrogen-bond acceptors (Lipinski definition) is 4. The van der Waals surface area contributed by atoms with Crippen molar-refractivity contribution in [2.45, 2.75) is 13.5 Å². The van der Waals surface area contributed by atoms with E-state index in [2.05, 4.69) is 31.2 Å². The number of rotatable bonds is 4. The zero-order chi connectivity index (χ0) is 15.5. The predicted octanol–water partition coefficient (Wildman–Crippen LogP) is 3.33. The highest BCUT2D eigenvalue weighted by molar-refractivity contribution is 9.11. The number of aryl methyl sites for hydroxylation is 1. The van der Waals surface area contributed by atoms with Crippen molar-refractivity contribution in [3.63, 3.8) is 0 Å². The Hall–Kier alpha value is -1.99. The van der Waals surface area contributed by atoms with Crippen molar-refractivity contribution in [3.05, 3.63) is 62.9 Å². The van der Waals surface area contributed by atoms with Crippen molar-refractivity contribution in [2.24, 2.45) is 0 Å². The molecule has 1 amide bonds. The van der Waals surface area contributed by atoms with E-state index in [1.807, 2.05) is 41.3 Å². The fraction of sp³-hybridized carbons (Fsp3) is 0.133. The van der Waals surface area contributed by atoms with Crippen LogP contribution in [0.5, 0.6) is 0 Å². The molecule has 0 unspecified atom stereocenters. The summed E-state index contributed by atoms with van der Waals surface area (Å²) in [7, 11) is 0. The van der Waals surface area contributed by atoms with Gasteiger partial charge >= 0.3 is 0 Å². The summed E-state index contributed by atoms with van der Waals surface area (Å²) in [5.41, 5.74) is 1.65. The number of thiophene rings is 1. The minimum atomic E-state index is -0.0841. The van der Waals surface area contributed by atoms with Gasteiger partial charge in [0.2, 0.25) is 0 Å². The maximum absolute atomic E-state index is 12.0. The van der Waals surface area contributed by atoms with E-state index in [4.69, 9.17) is 0 Å². The van der Waals surface area contributed by atoms with E-state index in [1.54, 1.807) is 12.4 Å². The summed E-state index contributed by atoms with van der Waals surface area (Å²) in [6.45, 7) is 2.38. The number of aromatic nitrogens is 3. The lowest BCUT2D eigenvalue weighted by atomic mass is 10.2. The molecule has 0 aliphatic rings. The molecule has 0 bridgehead atoms. The lowest BCUT2D eigenvalue weighted by Gasteiger charge is -2.07. The van der Waals surface area contributed by atoms with Crippen molar-refractivity contribution in [1.29, 1.82) is 0 Å². The Labute approximate surface area is 140 Å². The van der Waals surface area contributed by atoms with Crippen LogP contribution in [0.25, 0.3) is 5.82 Å². The Kier molecular flexibility index (Phi) is 4.35. The molecule has 0 atom stereocenters. The first-order valence-corrected chi connectivity index (χ1v) is 8.28. The van der Waals surface area contributed by atoms with Crippen molar-refractivity contribution < 1.29 is 4.79 Å². The number of imidazole rings is 1. The van der Waals surface area contributed by atoms with Gasteiger partial charge in [0.15, 0.2) is 0 Å². The molecule has 0 radical (unpaired) electrons. The van der Waals surface area contributed by atoms with Gasteiger partial charge < -0.3 is 5.32 Å². The average molecular weight is 377 g/mol. The summed E-state index contributed by atoms with van der Waals surface area (Å²) < 4.78 is 2.85. The number of amides is 1. The van der Waals surface area contributed by atoms with E-state index >= 15 is 0 Å². The van der Waals surface area contributed by atoms with E-state index in [-0.39, 0.29) is 5.91 Å². The van der Waals surface area contributed by atoms with Crippen LogP contribution in [0.4, 0.5) is 0 Å². The predicted molar refractivity (Wildman–Crippen MR) is 89.3 cm³/mol. The first kappa shape index (κ1) is 14.9. The highest BCUT2D eigenvalue weighted by atomic mass is 79.9. The smallest absolute Gasteiger partial charge is 0.252 e. The first-order chi connectivity index (χ1) is 10.6. The Bertz CT molecular complexity index is 811. The molecule has 0 aliphatic carbocycles. The standard InChI is InChI=1S/C15H13BrN4OS/c1-10-17-4-5-20(10)14-6-11(2-3-18-14)8-19-15(21)12-7-13(16)22-9-12/h2-7,9H,8H2,1H3,(H,19,21). The number of pyridine rings is 1. The summed E-state index contributed by atoms with van der Waals surface area (Å²) in [4.78, 5) is 20.6. The molecule has 3 aromatic heterocycles. The fourth-order valence-corrected chi connectivity index (χ4v) is 3.17. The lowest BCUT2D eigenvalue weighted by Crippen LogP contribution is -2.22. The van der Waals surface area contributed by atoms with E-state index in [9.17, 15) is 4.79 Å². The van der Waals surface area contributed by atoms with Gasteiger partial charge in [0.05, 0.1) is 9.35 Å². The van der Waals surface area contributed by atoms with Gasteiger partial charge in [-0.25, -0.2) is 9.97 Å². The molecular formula is C15H13BrN4OS. The average Bonchev–Trinajstić information content (AvgIpc) is 3.13. The molecule has 3 heterocycles. The molecular weight excluding hydrogens is 364 g/mol. The Morgan fingerprint density at radius 1 is 1.36 bits per heavy atom. The lowest BCUT2D eigenvalue weighted by molar-refractivity contribution is 0.0951. The minimum Gasteiger partial charge on any atom is -0.348 e. The summed E-state index contributed by atoms with van der Waals surface area (Å²) in [6, 6.07) is 5.64. The topological polar surface area (TPSA) is 59.8 Å². The van der Waals surface area contributed by atoms with Gasteiger partial charge in [0.25, 0.3) is 5.91 Å². The highest BCUT2D eigenvalue weighted by Crippen LogP contribution is 2.20. The number of nitrogens with zero attached hydrogens (tertiary/aromatic N) is 3. The van der Waals surface area contributed by atoms with Gasteiger partial charge in [-0.1, -0.05) is 0 Å². The molecule has 7 heteroatoms. The molecule has 5 nitrogen and oxygen atoms in total. The van der Waals surface area contributed by atoms with Crippen LogP contribution in [0.2, 0.25) is 0 Å². The van der Waals surface area contributed by atoms with Gasteiger partial charge in [-0.05, 0) is 46.6 Å². The van der Waals surface area contributed by atoms with Crippen molar-refractivity contribution in [2.75, 3.05) is 0 Å². The third kappa shape index (κ3) is 3.26. The third-order valence-electron chi connectivity index (χ3n) is 3.17. The molecule has 0 spiro atoms. The monoisotopic (exact) mass is 376 g/mol. The molecule has 112 valence electrons. The number of carbonyl (C=O) groups excluding carboxylic acids is 1. The second kappa shape index (κ2) is 6.41. The molecule has 3 rings (SSSR count). The molecule has 1 N–H and O–H groups in total. The summed E-state index contributed by atoms with van der Waals surface area (Å²) in [6.07, 6.45) is 5.33. The fourth-order valence-electron chi connectivity index (χ4n) is 2.04. The van der Waals surface area contributed by atoms with Crippen LogP contribution in [0, 0.1) is 6.92 Å². The summed E-state index contributed by atoms with van der Waals surface area (Å²) in [5.74, 6) is 1.58. The van der Waals surface area contributed by atoms with Gasteiger partial charge in [0.1, 0.15) is 11.6 Å². The second-order valence-corrected chi connectivity index (χ2v) is 6.98. The third-order valence-corrected chi connectivity index (χ3v) is 4.67. The van der Waals surface area contributed by atoms with Crippen LogP contribution in [-0.4, -0.2) is 20.4 Å². The van der Waals surface area contributed by atoms with Crippen molar-refractivity contribution >= 4 is 33.2 Å². The van der Waals surface area contributed by atoms with Gasteiger partial charge in [0, 0.05) is 30.5 Å². The number of carbonyl (C=O) groups is 1. The SMILES string of the molecule is Cc1nccn1-c1cc(CNC(=O)c2csc(Br)c2)ccn1. The van der Waals surface area contributed by atoms with Crippen LogP contribution in [0.3, 0.4) is 0 Å². The molecule has 0 saturated heterocycles. The van der Waals surface area contributed by atoms with Crippen LogP contribution < -0.4 is 5.32 Å². The number of halogens is 1. The van der Waals surface area contributed by atoms with Crippen LogP contribution in [-0.2, 0) is 6.54 Å². The molecule has 0 aromatic carbocycles. The maximum Gasteiger partial charge on any atom is 0.252 e. The van der Waals surface area contributed by atoms with Crippen molar-refractivity contribution in [3.8, 4) is 5.82 Å². The summed E-state index contributed by atoms with van der Waals surface area (Å²) >= 11 is 4.85. The number of hydrogen-bond donors (Lipinski definition) is 1. The van der Waals surface area contributed by atoms with Crippen molar-refractivity contribution in [1.82, 2.24) is 19.9 Å². The van der Waals surface area contributed by atoms with E-state index < -0.39 is 0 Å². The van der Waals surface area contributed by atoms with Crippen LogP contribution in [0.15, 0.2) is 46.0 Å². The van der Waals surface area contributed by atoms with E-state index in [1.165, 1.54) is 11.3 Å². The quantitative estimate of drug-likeness (QED) is 0.759. The summed E-state index contributed by atoms with van der Waals surface area (Å²) in [5, 5.41) is 4.74. The van der Waals surface area contributed by atoms with Gasteiger partial charge in [-0.3, -0.25) is 9.36 Å². The molecule has 0 saturated carbocycles. The highest BCUT2D eigenvalue weighted by Gasteiger charge is 2.08.